The molecule has 1 aliphatic heterocycles. The van der Waals surface area contributed by atoms with Crippen molar-refractivity contribution in [2.75, 3.05) is 11.9 Å². The van der Waals surface area contributed by atoms with Gasteiger partial charge in [-0.1, -0.05) is 18.6 Å². The van der Waals surface area contributed by atoms with Crippen LogP contribution in [0.3, 0.4) is 0 Å². The number of halogens is 1. The topological polar surface area (TPSA) is 45.2 Å². The molecule has 24 heavy (non-hydrogen) atoms. The molecule has 1 N–H and O–H groups in total. The van der Waals surface area contributed by atoms with E-state index in [0.717, 1.165) is 36.9 Å². The first-order valence-corrected chi connectivity index (χ1v) is 8.33. The number of rotatable bonds is 4. The molecule has 0 saturated carbocycles. The molecule has 126 valence electrons. The second-order valence-corrected chi connectivity index (χ2v) is 6.32. The largest absolute Gasteiger partial charge is 0.322 e. The van der Waals surface area contributed by atoms with E-state index in [-0.39, 0.29) is 17.6 Å². The van der Waals surface area contributed by atoms with Gasteiger partial charge in [0.25, 0.3) is 0 Å². The van der Waals surface area contributed by atoms with E-state index in [4.69, 9.17) is 0 Å². The number of nitrogens with zero attached hydrogens (tertiary/aromatic N) is 2. The lowest BCUT2D eigenvalue weighted by Crippen LogP contribution is -2.46. The first-order chi connectivity index (χ1) is 11.6. The summed E-state index contributed by atoms with van der Waals surface area (Å²) in [5.41, 5.74) is 2.16. The van der Waals surface area contributed by atoms with Crippen LogP contribution in [0.25, 0.3) is 0 Å². The number of carbonyl (C=O) groups is 1. The predicted octanol–water partition coefficient (Wildman–Crippen LogP) is 3.52. The molecular formula is C19H22FN3O. The Morgan fingerprint density at radius 2 is 2.25 bits per heavy atom. The van der Waals surface area contributed by atoms with Crippen molar-refractivity contribution in [3.63, 3.8) is 0 Å². The van der Waals surface area contributed by atoms with E-state index >= 15 is 0 Å². The van der Waals surface area contributed by atoms with Crippen LogP contribution in [0.5, 0.6) is 0 Å². The average Bonchev–Trinajstić information content (AvgIpc) is 2.59. The number of likely N-dealkylation sites (tertiary alicyclic amines) is 1. The molecule has 4 nitrogen and oxygen atoms in total. The van der Waals surface area contributed by atoms with Crippen molar-refractivity contribution in [3.05, 3.63) is 59.7 Å². The van der Waals surface area contributed by atoms with Gasteiger partial charge in [-0.05, 0) is 55.6 Å². The first kappa shape index (κ1) is 16.6. The third-order valence-corrected chi connectivity index (χ3v) is 4.41. The van der Waals surface area contributed by atoms with Crippen LogP contribution >= 0.6 is 0 Å². The predicted molar refractivity (Wildman–Crippen MR) is 92.1 cm³/mol. The van der Waals surface area contributed by atoms with Gasteiger partial charge in [-0.3, -0.25) is 14.7 Å². The Balaban J connectivity index is 1.71. The van der Waals surface area contributed by atoms with Crippen LogP contribution < -0.4 is 5.32 Å². The normalized spacial score (nSPS) is 18.3. The Kier molecular flexibility index (Phi) is 5.20. The zero-order chi connectivity index (χ0) is 16.9. The fraction of sp³-hybridized carbons (Fsp3) is 0.368. The second kappa shape index (κ2) is 7.53. The van der Waals surface area contributed by atoms with E-state index in [2.05, 4.69) is 15.2 Å². The van der Waals surface area contributed by atoms with E-state index in [0.29, 0.717) is 6.54 Å². The maximum absolute atomic E-state index is 14.0. The van der Waals surface area contributed by atoms with Gasteiger partial charge in [0.2, 0.25) is 5.91 Å². The molecule has 1 saturated heterocycles. The number of carbonyl (C=O) groups excluding carboxylic acids is 1. The molecule has 1 aromatic heterocycles. The van der Waals surface area contributed by atoms with Crippen LogP contribution in [0, 0.1) is 12.7 Å². The number of aromatic nitrogens is 1. The maximum atomic E-state index is 14.0. The van der Waals surface area contributed by atoms with Crippen molar-refractivity contribution < 1.29 is 9.18 Å². The number of benzene rings is 1. The van der Waals surface area contributed by atoms with Gasteiger partial charge in [0.1, 0.15) is 5.82 Å². The summed E-state index contributed by atoms with van der Waals surface area (Å²) < 4.78 is 14.0. The van der Waals surface area contributed by atoms with Gasteiger partial charge in [-0.2, -0.15) is 0 Å². The first-order valence-electron chi connectivity index (χ1n) is 8.33. The summed E-state index contributed by atoms with van der Waals surface area (Å²) in [7, 11) is 0. The second-order valence-electron chi connectivity index (χ2n) is 6.32. The molecule has 0 aliphatic carbocycles. The summed E-state index contributed by atoms with van der Waals surface area (Å²) >= 11 is 0. The van der Waals surface area contributed by atoms with Gasteiger partial charge in [0.05, 0.1) is 11.7 Å². The highest BCUT2D eigenvalue weighted by Gasteiger charge is 2.29. The van der Waals surface area contributed by atoms with Gasteiger partial charge < -0.3 is 5.32 Å². The molecule has 0 spiro atoms. The number of pyridine rings is 1. The van der Waals surface area contributed by atoms with E-state index in [9.17, 15) is 9.18 Å². The van der Waals surface area contributed by atoms with Crippen molar-refractivity contribution in [3.8, 4) is 0 Å². The van der Waals surface area contributed by atoms with Crippen LogP contribution in [-0.2, 0) is 11.3 Å². The Morgan fingerprint density at radius 3 is 3.00 bits per heavy atom. The molecule has 2 aromatic rings. The van der Waals surface area contributed by atoms with Crippen molar-refractivity contribution in [1.82, 2.24) is 9.88 Å². The molecule has 5 heteroatoms. The molecule has 1 atom stereocenters. The number of nitrogens with one attached hydrogen (secondary N) is 1. The molecule has 1 aromatic carbocycles. The summed E-state index contributed by atoms with van der Waals surface area (Å²) in [6.45, 7) is 3.37. The van der Waals surface area contributed by atoms with Crippen LogP contribution in [0.1, 0.15) is 30.4 Å². The van der Waals surface area contributed by atoms with Crippen molar-refractivity contribution >= 4 is 11.6 Å². The summed E-state index contributed by atoms with van der Waals surface area (Å²) in [6, 6.07) is 8.53. The van der Waals surface area contributed by atoms with E-state index in [1.54, 1.807) is 18.3 Å². The lowest BCUT2D eigenvalue weighted by atomic mass is 10.0. The highest BCUT2D eigenvalue weighted by molar-refractivity contribution is 5.95. The van der Waals surface area contributed by atoms with Gasteiger partial charge >= 0.3 is 0 Å². The molecule has 1 amide bonds. The van der Waals surface area contributed by atoms with Crippen LogP contribution in [0.2, 0.25) is 0 Å². The average molecular weight is 327 g/mol. The number of piperidine rings is 1. The highest BCUT2D eigenvalue weighted by Crippen LogP contribution is 2.22. The molecular weight excluding hydrogens is 305 g/mol. The number of hydrogen-bond acceptors (Lipinski definition) is 3. The monoisotopic (exact) mass is 327 g/mol. The minimum absolute atomic E-state index is 0.138. The third-order valence-electron chi connectivity index (χ3n) is 4.41. The fourth-order valence-electron chi connectivity index (χ4n) is 3.14. The molecule has 0 bridgehead atoms. The highest BCUT2D eigenvalue weighted by atomic mass is 19.1. The van der Waals surface area contributed by atoms with E-state index in [1.807, 2.05) is 25.3 Å². The smallest absolute Gasteiger partial charge is 0.241 e. The summed E-state index contributed by atoms with van der Waals surface area (Å²) in [5, 5.41) is 2.75. The van der Waals surface area contributed by atoms with Crippen molar-refractivity contribution in [1.29, 1.82) is 0 Å². The lowest BCUT2D eigenvalue weighted by molar-refractivity contribution is -0.122. The van der Waals surface area contributed by atoms with Crippen molar-refractivity contribution in [2.24, 2.45) is 0 Å². The summed E-state index contributed by atoms with van der Waals surface area (Å²) in [4.78, 5) is 19.0. The maximum Gasteiger partial charge on any atom is 0.241 e. The molecule has 0 radical (unpaired) electrons. The van der Waals surface area contributed by atoms with E-state index < -0.39 is 5.82 Å². The van der Waals surface area contributed by atoms with Crippen LogP contribution in [-0.4, -0.2) is 28.4 Å². The summed E-state index contributed by atoms with van der Waals surface area (Å²) in [5.74, 6) is -0.528. The Labute approximate surface area is 141 Å². The molecule has 2 heterocycles. The number of anilines is 1. The van der Waals surface area contributed by atoms with Gasteiger partial charge in [-0.25, -0.2) is 4.39 Å². The summed E-state index contributed by atoms with van der Waals surface area (Å²) in [6.07, 6.45) is 6.44. The molecule has 0 unspecified atom stereocenters. The fourth-order valence-corrected chi connectivity index (χ4v) is 3.14. The standard InChI is InChI=1S/C19H22FN3O/c1-14-7-8-17(16(20)11-14)22-19(24)18-6-2-3-10-23(18)13-15-5-4-9-21-12-15/h4-5,7-9,11-12,18H,2-3,6,10,13H2,1H3,(H,22,24)/t18-/m0/s1. The molecule has 1 fully saturated rings. The van der Waals surface area contributed by atoms with Crippen molar-refractivity contribution in [2.45, 2.75) is 38.8 Å². The lowest BCUT2D eigenvalue weighted by Gasteiger charge is -2.34. The SMILES string of the molecule is Cc1ccc(NC(=O)[C@@H]2CCCCN2Cc2cccnc2)c(F)c1. The molecule has 3 rings (SSSR count). The Bertz CT molecular complexity index is 705. The molecule has 1 aliphatic rings. The van der Waals surface area contributed by atoms with Crippen LogP contribution in [0.4, 0.5) is 10.1 Å². The van der Waals surface area contributed by atoms with Gasteiger partial charge in [-0.15, -0.1) is 0 Å². The Hall–Kier alpha value is -2.27. The zero-order valence-electron chi connectivity index (χ0n) is 13.8. The number of aryl methyl sites for hydroxylation is 1. The van der Waals surface area contributed by atoms with Gasteiger partial charge in [0, 0.05) is 18.9 Å². The van der Waals surface area contributed by atoms with Gasteiger partial charge in [0.15, 0.2) is 0 Å². The quantitative estimate of drug-likeness (QED) is 0.934. The number of amides is 1. The minimum Gasteiger partial charge on any atom is -0.322 e. The van der Waals surface area contributed by atoms with E-state index in [1.165, 1.54) is 6.07 Å². The Morgan fingerprint density at radius 1 is 1.38 bits per heavy atom. The third kappa shape index (κ3) is 3.97. The van der Waals surface area contributed by atoms with Crippen LogP contribution in [0.15, 0.2) is 42.7 Å². The minimum atomic E-state index is -0.391. The number of hydrogen-bond donors (Lipinski definition) is 1. The zero-order valence-corrected chi connectivity index (χ0v) is 13.8.